The van der Waals surface area contributed by atoms with Gasteiger partial charge in [-0.1, -0.05) is 6.07 Å². The minimum atomic E-state index is -0.992. The van der Waals surface area contributed by atoms with Crippen LogP contribution in [0.5, 0.6) is 0 Å². The molecule has 0 saturated carbocycles. The van der Waals surface area contributed by atoms with Crippen molar-refractivity contribution in [3.63, 3.8) is 0 Å². The van der Waals surface area contributed by atoms with Gasteiger partial charge in [-0.25, -0.2) is 4.39 Å². The van der Waals surface area contributed by atoms with Gasteiger partial charge in [-0.2, -0.15) is 0 Å². The Balaban J connectivity index is 2.76. The average Bonchev–Trinajstić information content (AvgIpc) is 2.20. The summed E-state index contributed by atoms with van der Waals surface area (Å²) in [4.78, 5) is 22.2. The van der Waals surface area contributed by atoms with Crippen molar-refractivity contribution >= 4 is 11.9 Å². The number of carboxylic acid groups (broad SMARTS) is 1. The third kappa shape index (κ3) is 3.86. The molecule has 0 aromatic heterocycles. The van der Waals surface area contributed by atoms with Crippen LogP contribution in [0.2, 0.25) is 0 Å². The van der Waals surface area contributed by atoms with E-state index < -0.39 is 23.7 Å². The molecule has 92 valence electrons. The highest BCUT2D eigenvalue weighted by molar-refractivity contribution is 5.96. The van der Waals surface area contributed by atoms with Gasteiger partial charge in [0.1, 0.15) is 5.82 Å². The fraction of sp³-hybridized carbons (Fsp3) is 0.333. The van der Waals surface area contributed by atoms with Crippen molar-refractivity contribution in [1.29, 1.82) is 0 Å². The Kier molecular flexibility index (Phi) is 4.20. The van der Waals surface area contributed by atoms with Gasteiger partial charge in [0.15, 0.2) is 0 Å². The number of carbonyl (C=O) groups excluding carboxylic acids is 1. The highest BCUT2D eigenvalue weighted by atomic mass is 19.1. The van der Waals surface area contributed by atoms with E-state index in [0.717, 1.165) is 6.07 Å². The average molecular weight is 239 g/mol. The summed E-state index contributed by atoms with van der Waals surface area (Å²) in [5.74, 6) is -1.95. The van der Waals surface area contributed by atoms with Gasteiger partial charge in [0.25, 0.3) is 5.91 Å². The van der Waals surface area contributed by atoms with Crippen molar-refractivity contribution in [2.24, 2.45) is 0 Å². The van der Waals surface area contributed by atoms with Crippen LogP contribution in [0.1, 0.15) is 29.3 Å². The highest BCUT2D eigenvalue weighted by Gasteiger charge is 2.14. The van der Waals surface area contributed by atoms with Crippen LogP contribution in [0.4, 0.5) is 4.39 Å². The lowest BCUT2D eigenvalue weighted by atomic mass is 10.1. The number of hydrogen-bond donors (Lipinski definition) is 2. The third-order valence-electron chi connectivity index (χ3n) is 2.30. The molecule has 0 aliphatic carbocycles. The van der Waals surface area contributed by atoms with E-state index in [1.807, 2.05) is 0 Å². The third-order valence-corrected chi connectivity index (χ3v) is 2.30. The number of carboxylic acids is 1. The molecule has 17 heavy (non-hydrogen) atoms. The van der Waals surface area contributed by atoms with E-state index in [9.17, 15) is 14.0 Å². The van der Waals surface area contributed by atoms with Crippen molar-refractivity contribution in [2.75, 3.05) is 0 Å². The maximum Gasteiger partial charge on any atom is 0.305 e. The molecule has 0 aliphatic rings. The van der Waals surface area contributed by atoms with Crippen molar-refractivity contribution in [2.45, 2.75) is 26.3 Å². The van der Waals surface area contributed by atoms with Crippen LogP contribution in [0.3, 0.4) is 0 Å². The molecule has 0 saturated heterocycles. The molecule has 0 spiro atoms. The quantitative estimate of drug-likeness (QED) is 0.840. The minimum Gasteiger partial charge on any atom is -0.481 e. The van der Waals surface area contributed by atoms with Gasteiger partial charge >= 0.3 is 5.97 Å². The van der Waals surface area contributed by atoms with Crippen molar-refractivity contribution in [3.05, 3.63) is 35.1 Å². The molecule has 0 fully saturated rings. The topological polar surface area (TPSA) is 66.4 Å². The van der Waals surface area contributed by atoms with E-state index in [1.54, 1.807) is 13.8 Å². The summed E-state index contributed by atoms with van der Waals surface area (Å²) < 4.78 is 13.0. The predicted molar refractivity (Wildman–Crippen MR) is 60.3 cm³/mol. The molecule has 1 rings (SSSR count). The van der Waals surface area contributed by atoms with Gasteiger partial charge in [0.2, 0.25) is 0 Å². The molecule has 1 unspecified atom stereocenters. The monoisotopic (exact) mass is 239 g/mol. The Labute approximate surface area is 98.5 Å². The van der Waals surface area contributed by atoms with Crippen molar-refractivity contribution in [1.82, 2.24) is 5.32 Å². The van der Waals surface area contributed by atoms with Gasteiger partial charge in [-0.05, 0) is 31.5 Å². The molecule has 0 aliphatic heterocycles. The van der Waals surface area contributed by atoms with Crippen LogP contribution in [-0.2, 0) is 4.79 Å². The summed E-state index contributed by atoms with van der Waals surface area (Å²) in [5.41, 5.74) is 0.869. The second-order valence-corrected chi connectivity index (χ2v) is 3.93. The molecular formula is C12H14FNO3. The number of amides is 1. The molecule has 1 aromatic carbocycles. The van der Waals surface area contributed by atoms with Crippen LogP contribution in [0.15, 0.2) is 18.2 Å². The summed E-state index contributed by atoms with van der Waals surface area (Å²) in [5, 5.41) is 11.1. The van der Waals surface area contributed by atoms with Crippen LogP contribution < -0.4 is 5.32 Å². The zero-order chi connectivity index (χ0) is 13.0. The number of halogens is 1. The minimum absolute atomic E-state index is 0.167. The smallest absolute Gasteiger partial charge is 0.305 e. The number of aliphatic carboxylic acids is 1. The largest absolute Gasteiger partial charge is 0.481 e. The first-order chi connectivity index (χ1) is 7.90. The normalized spacial score (nSPS) is 11.9. The SMILES string of the molecule is Cc1ccc(F)cc1C(=O)NC(C)CC(=O)O. The van der Waals surface area contributed by atoms with Gasteiger partial charge in [0.05, 0.1) is 6.42 Å². The highest BCUT2D eigenvalue weighted by Crippen LogP contribution is 2.10. The number of hydrogen-bond acceptors (Lipinski definition) is 2. The van der Waals surface area contributed by atoms with Crippen LogP contribution in [0, 0.1) is 12.7 Å². The number of nitrogens with one attached hydrogen (secondary N) is 1. The first-order valence-electron chi connectivity index (χ1n) is 5.19. The zero-order valence-electron chi connectivity index (χ0n) is 9.66. The Hall–Kier alpha value is -1.91. The molecule has 4 nitrogen and oxygen atoms in total. The fourth-order valence-electron chi connectivity index (χ4n) is 1.45. The van der Waals surface area contributed by atoms with E-state index in [2.05, 4.69) is 5.32 Å². The van der Waals surface area contributed by atoms with E-state index in [-0.39, 0.29) is 12.0 Å². The molecular weight excluding hydrogens is 225 g/mol. The number of carbonyl (C=O) groups is 2. The number of rotatable bonds is 4. The lowest BCUT2D eigenvalue weighted by Crippen LogP contribution is -2.34. The molecule has 1 atom stereocenters. The molecule has 5 heteroatoms. The molecule has 1 aromatic rings. The second kappa shape index (κ2) is 5.43. The lowest BCUT2D eigenvalue weighted by Gasteiger charge is -2.12. The second-order valence-electron chi connectivity index (χ2n) is 3.93. The van der Waals surface area contributed by atoms with Crippen LogP contribution in [0.25, 0.3) is 0 Å². The lowest BCUT2D eigenvalue weighted by molar-refractivity contribution is -0.137. The first-order valence-corrected chi connectivity index (χ1v) is 5.19. The zero-order valence-corrected chi connectivity index (χ0v) is 9.66. The molecule has 1 amide bonds. The summed E-state index contributed by atoms with van der Waals surface area (Å²) >= 11 is 0. The summed E-state index contributed by atoms with van der Waals surface area (Å²) in [6.45, 7) is 3.27. The van der Waals surface area contributed by atoms with E-state index >= 15 is 0 Å². The Bertz CT molecular complexity index is 445. The predicted octanol–water partition coefficient (Wildman–Crippen LogP) is 1.73. The fourth-order valence-corrected chi connectivity index (χ4v) is 1.45. The summed E-state index contributed by atoms with van der Waals surface area (Å²) in [6, 6.07) is 3.42. The van der Waals surface area contributed by atoms with Crippen molar-refractivity contribution < 1.29 is 19.1 Å². The standard InChI is InChI=1S/C12H14FNO3/c1-7-3-4-9(13)6-10(7)12(17)14-8(2)5-11(15)16/h3-4,6,8H,5H2,1-2H3,(H,14,17)(H,15,16). The van der Waals surface area contributed by atoms with Gasteiger partial charge in [-0.3, -0.25) is 9.59 Å². The van der Waals surface area contributed by atoms with Gasteiger partial charge in [-0.15, -0.1) is 0 Å². The Morgan fingerprint density at radius 3 is 2.71 bits per heavy atom. The molecule has 0 heterocycles. The Morgan fingerprint density at radius 1 is 1.47 bits per heavy atom. The van der Waals surface area contributed by atoms with Gasteiger partial charge in [0, 0.05) is 11.6 Å². The maximum absolute atomic E-state index is 13.0. The number of benzene rings is 1. The summed E-state index contributed by atoms with van der Waals surface area (Å²) in [6.07, 6.45) is -0.167. The molecule has 2 N–H and O–H groups in total. The maximum atomic E-state index is 13.0. The van der Waals surface area contributed by atoms with E-state index in [0.29, 0.717) is 5.56 Å². The van der Waals surface area contributed by atoms with Gasteiger partial charge < -0.3 is 10.4 Å². The van der Waals surface area contributed by atoms with Crippen molar-refractivity contribution in [3.8, 4) is 0 Å². The van der Waals surface area contributed by atoms with E-state index in [1.165, 1.54) is 12.1 Å². The van der Waals surface area contributed by atoms with Crippen LogP contribution >= 0.6 is 0 Å². The van der Waals surface area contributed by atoms with E-state index in [4.69, 9.17) is 5.11 Å². The molecule has 0 radical (unpaired) electrons. The first kappa shape index (κ1) is 13.2. The Morgan fingerprint density at radius 2 is 2.12 bits per heavy atom. The summed E-state index contributed by atoms with van der Waals surface area (Å²) in [7, 11) is 0. The molecule has 0 bridgehead atoms. The van der Waals surface area contributed by atoms with Crippen LogP contribution in [-0.4, -0.2) is 23.0 Å². The number of aryl methyl sites for hydroxylation is 1.